The minimum absolute atomic E-state index is 0.0733. The molecule has 1 aromatic carbocycles. The van der Waals surface area contributed by atoms with E-state index in [-0.39, 0.29) is 22.7 Å². The Hall–Kier alpha value is -2.72. The second-order valence-electron chi connectivity index (χ2n) is 5.43. The Balaban J connectivity index is 1.59. The lowest BCUT2D eigenvalue weighted by atomic mass is 10.2. The molecule has 2 heterocycles. The number of carbonyl (C=O) groups excluding carboxylic acids is 2. The van der Waals surface area contributed by atoms with Crippen LogP contribution in [0.25, 0.3) is 11.5 Å². The first kappa shape index (κ1) is 19.1. The van der Waals surface area contributed by atoms with Crippen LogP contribution < -0.4 is 10.1 Å². The molecule has 0 aliphatic carbocycles. The van der Waals surface area contributed by atoms with E-state index in [0.29, 0.717) is 27.3 Å². The van der Waals surface area contributed by atoms with E-state index in [2.05, 4.69) is 20.5 Å². The number of hydrogen-bond acceptors (Lipinski definition) is 9. The molecule has 1 N–H and O–H groups in total. The number of aromatic nitrogens is 3. The van der Waals surface area contributed by atoms with Crippen molar-refractivity contribution in [3.63, 3.8) is 0 Å². The van der Waals surface area contributed by atoms with Crippen LogP contribution in [0.2, 0.25) is 0 Å². The summed E-state index contributed by atoms with van der Waals surface area (Å²) in [6, 6.07) is 7.25. The fraction of sp³-hybridized carbons (Fsp3) is 0.235. The van der Waals surface area contributed by atoms with Crippen molar-refractivity contribution in [2.45, 2.75) is 19.1 Å². The molecule has 0 saturated heterocycles. The number of Topliss-reactive ketones (excluding diaryl/α,β-unsaturated/α-hetero) is 1. The van der Waals surface area contributed by atoms with E-state index >= 15 is 0 Å². The molecule has 3 rings (SSSR count). The van der Waals surface area contributed by atoms with Crippen molar-refractivity contribution in [3.8, 4) is 17.2 Å². The lowest BCUT2D eigenvalue weighted by Gasteiger charge is -2.00. The number of nitrogens with one attached hydrogen (secondary N) is 1. The Morgan fingerprint density at radius 1 is 1.33 bits per heavy atom. The zero-order valence-electron chi connectivity index (χ0n) is 14.8. The van der Waals surface area contributed by atoms with Gasteiger partial charge in [0, 0.05) is 12.5 Å². The summed E-state index contributed by atoms with van der Waals surface area (Å²) >= 11 is 2.27. The van der Waals surface area contributed by atoms with Crippen LogP contribution in [0.3, 0.4) is 0 Å². The molecule has 0 atom stereocenters. The van der Waals surface area contributed by atoms with Gasteiger partial charge in [-0.3, -0.25) is 9.59 Å². The van der Waals surface area contributed by atoms with E-state index in [1.165, 1.54) is 6.92 Å². The topological polar surface area (TPSA) is 107 Å². The lowest BCUT2D eigenvalue weighted by molar-refractivity contribution is -0.113. The standard InChI is InChI=1S/C17H16N4O4S2/c1-9-14(10(2)22)27-16(18-9)19-13(23)8-26-17-21-20-15(25-17)11-5-4-6-12(7-11)24-3/h4-7H,8H2,1-3H3,(H,18,19,23). The van der Waals surface area contributed by atoms with Crippen molar-refractivity contribution in [3.05, 3.63) is 34.8 Å². The molecule has 0 aliphatic rings. The van der Waals surface area contributed by atoms with E-state index in [1.54, 1.807) is 20.1 Å². The number of methoxy groups -OCH3 is 1. The van der Waals surface area contributed by atoms with Crippen LogP contribution in [0.5, 0.6) is 5.75 Å². The van der Waals surface area contributed by atoms with E-state index in [4.69, 9.17) is 9.15 Å². The van der Waals surface area contributed by atoms with Crippen LogP contribution in [0.4, 0.5) is 5.13 Å². The minimum atomic E-state index is -0.273. The zero-order valence-corrected chi connectivity index (χ0v) is 16.4. The number of carbonyl (C=O) groups is 2. The van der Waals surface area contributed by atoms with Crippen molar-refractivity contribution in [1.82, 2.24) is 15.2 Å². The summed E-state index contributed by atoms with van der Waals surface area (Å²) in [6.07, 6.45) is 0. The van der Waals surface area contributed by atoms with Gasteiger partial charge in [0.2, 0.25) is 11.8 Å². The maximum absolute atomic E-state index is 12.1. The van der Waals surface area contributed by atoms with Gasteiger partial charge in [-0.15, -0.1) is 10.2 Å². The third kappa shape index (κ3) is 4.72. The molecule has 0 bridgehead atoms. The number of aryl methyl sites for hydroxylation is 1. The highest BCUT2D eigenvalue weighted by atomic mass is 32.2. The van der Waals surface area contributed by atoms with Gasteiger partial charge in [-0.05, 0) is 25.1 Å². The maximum atomic E-state index is 12.1. The summed E-state index contributed by atoms with van der Waals surface area (Å²) in [5, 5.41) is 11.3. The summed E-state index contributed by atoms with van der Waals surface area (Å²) in [4.78, 5) is 28.3. The number of thioether (sulfide) groups is 1. The monoisotopic (exact) mass is 404 g/mol. The quantitative estimate of drug-likeness (QED) is 0.471. The van der Waals surface area contributed by atoms with E-state index in [0.717, 1.165) is 28.7 Å². The van der Waals surface area contributed by atoms with Gasteiger partial charge in [-0.1, -0.05) is 29.2 Å². The predicted molar refractivity (Wildman–Crippen MR) is 102 cm³/mol. The van der Waals surface area contributed by atoms with Crippen LogP contribution >= 0.6 is 23.1 Å². The van der Waals surface area contributed by atoms with Gasteiger partial charge >= 0.3 is 0 Å². The first-order valence-electron chi connectivity index (χ1n) is 7.85. The molecule has 2 aromatic heterocycles. The van der Waals surface area contributed by atoms with Crippen LogP contribution in [-0.4, -0.2) is 39.7 Å². The Morgan fingerprint density at radius 2 is 2.15 bits per heavy atom. The third-order valence-electron chi connectivity index (χ3n) is 3.41. The molecule has 27 heavy (non-hydrogen) atoms. The summed E-state index contributed by atoms with van der Waals surface area (Å²) in [7, 11) is 1.58. The SMILES string of the molecule is COc1cccc(-c2nnc(SCC(=O)Nc3nc(C)c(C(C)=O)s3)o2)c1. The van der Waals surface area contributed by atoms with Gasteiger partial charge in [-0.25, -0.2) is 4.98 Å². The highest BCUT2D eigenvalue weighted by Crippen LogP contribution is 2.26. The average Bonchev–Trinajstić information content (AvgIpc) is 3.26. The fourth-order valence-corrected chi connectivity index (χ4v) is 3.64. The lowest BCUT2D eigenvalue weighted by Crippen LogP contribution is -2.13. The van der Waals surface area contributed by atoms with Crippen molar-refractivity contribution in [2.75, 3.05) is 18.2 Å². The predicted octanol–water partition coefficient (Wildman–Crippen LogP) is 3.44. The van der Waals surface area contributed by atoms with Crippen LogP contribution in [-0.2, 0) is 4.79 Å². The first-order valence-corrected chi connectivity index (χ1v) is 9.65. The first-order chi connectivity index (χ1) is 13.0. The third-order valence-corrected chi connectivity index (χ3v) is 5.40. The smallest absolute Gasteiger partial charge is 0.277 e. The minimum Gasteiger partial charge on any atom is -0.497 e. The largest absolute Gasteiger partial charge is 0.497 e. The molecule has 0 unspecified atom stereocenters. The number of anilines is 1. The van der Waals surface area contributed by atoms with E-state index in [1.807, 2.05) is 18.2 Å². The number of amides is 1. The van der Waals surface area contributed by atoms with Crippen molar-refractivity contribution < 1.29 is 18.7 Å². The van der Waals surface area contributed by atoms with Gasteiger partial charge in [0.25, 0.3) is 5.22 Å². The molecular formula is C17H16N4O4S2. The highest BCUT2D eigenvalue weighted by Gasteiger charge is 2.15. The molecular weight excluding hydrogens is 388 g/mol. The second kappa shape index (κ2) is 8.31. The molecule has 140 valence electrons. The molecule has 0 radical (unpaired) electrons. The van der Waals surface area contributed by atoms with Crippen LogP contribution in [0.15, 0.2) is 33.9 Å². The summed E-state index contributed by atoms with van der Waals surface area (Å²) in [5.74, 6) is 0.760. The van der Waals surface area contributed by atoms with E-state index < -0.39 is 0 Å². The van der Waals surface area contributed by atoms with Gasteiger partial charge in [0.15, 0.2) is 10.9 Å². The Morgan fingerprint density at radius 3 is 2.85 bits per heavy atom. The molecule has 10 heteroatoms. The highest BCUT2D eigenvalue weighted by molar-refractivity contribution is 7.99. The molecule has 0 fully saturated rings. The zero-order chi connectivity index (χ0) is 19.4. The summed E-state index contributed by atoms with van der Waals surface area (Å²) in [6.45, 7) is 3.20. The molecule has 0 aliphatic heterocycles. The van der Waals surface area contributed by atoms with Gasteiger partial charge in [0.1, 0.15) is 5.75 Å². The van der Waals surface area contributed by atoms with Gasteiger partial charge < -0.3 is 14.5 Å². The summed E-state index contributed by atoms with van der Waals surface area (Å²) in [5.41, 5.74) is 1.34. The normalized spacial score (nSPS) is 10.6. The summed E-state index contributed by atoms with van der Waals surface area (Å²) < 4.78 is 10.7. The number of ketones is 1. The molecule has 0 spiro atoms. The second-order valence-corrected chi connectivity index (χ2v) is 7.36. The van der Waals surface area contributed by atoms with Crippen LogP contribution in [0, 0.1) is 6.92 Å². The fourth-order valence-electron chi connectivity index (χ4n) is 2.20. The number of nitrogens with zero attached hydrogens (tertiary/aromatic N) is 3. The van der Waals surface area contributed by atoms with Gasteiger partial charge in [0.05, 0.1) is 23.4 Å². The average molecular weight is 404 g/mol. The number of ether oxygens (including phenoxy) is 1. The van der Waals surface area contributed by atoms with Crippen molar-refractivity contribution in [2.24, 2.45) is 0 Å². The molecule has 1 amide bonds. The van der Waals surface area contributed by atoms with Gasteiger partial charge in [-0.2, -0.15) is 0 Å². The Bertz CT molecular complexity index is 983. The van der Waals surface area contributed by atoms with Crippen molar-refractivity contribution in [1.29, 1.82) is 0 Å². The van der Waals surface area contributed by atoms with Crippen molar-refractivity contribution >= 4 is 39.9 Å². The number of hydrogen-bond donors (Lipinski definition) is 1. The number of rotatable bonds is 7. The van der Waals surface area contributed by atoms with E-state index in [9.17, 15) is 9.59 Å². The number of thiazole rings is 1. The van der Waals surface area contributed by atoms with Crippen LogP contribution in [0.1, 0.15) is 22.3 Å². The molecule has 0 saturated carbocycles. The molecule has 8 nitrogen and oxygen atoms in total. The molecule has 3 aromatic rings. The Kier molecular flexibility index (Phi) is 5.87. The Labute approximate surface area is 163 Å². The maximum Gasteiger partial charge on any atom is 0.277 e. The number of benzene rings is 1.